The molecular weight excluding hydrogens is 384 g/mol. The minimum absolute atomic E-state index is 0.0244. The summed E-state index contributed by atoms with van der Waals surface area (Å²) >= 11 is 0. The number of carbonyl (C=O) groups excluding carboxylic acids is 2. The topological polar surface area (TPSA) is 105 Å². The second-order valence-corrected chi connectivity index (χ2v) is 7.67. The van der Waals surface area contributed by atoms with Gasteiger partial charge in [-0.05, 0) is 62.0 Å². The van der Waals surface area contributed by atoms with Gasteiger partial charge in [-0.1, -0.05) is 5.16 Å². The van der Waals surface area contributed by atoms with E-state index in [4.69, 9.17) is 9.26 Å². The Morgan fingerprint density at radius 3 is 2.70 bits per heavy atom. The van der Waals surface area contributed by atoms with Gasteiger partial charge in [0.2, 0.25) is 11.8 Å². The fourth-order valence-corrected chi connectivity index (χ4v) is 3.80. The normalized spacial score (nSPS) is 18.6. The van der Waals surface area contributed by atoms with Crippen LogP contribution >= 0.6 is 0 Å². The average Bonchev–Trinajstić information content (AvgIpc) is 3.21. The van der Waals surface area contributed by atoms with Gasteiger partial charge in [0.1, 0.15) is 5.75 Å². The fraction of sp³-hybridized carbons (Fsp3) is 0.500. The summed E-state index contributed by atoms with van der Waals surface area (Å²) in [5.41, 5.74) is 1.84. The van der Waals surface area contributed by atoms with E-state index >= 15 is 0 Å². The zero-order chi connectivity index (χ0) is 21.3. The van der Waals surface area contributed by atoms with Crippen LogP contribution in [0, 0.1) is 11.8 Å². The van der Waals surface area contributed by atoms with Gasteiger partial charge in [0.15, 0.2) is 5.76 Å². The van der Waals surface area contributed by atoms with Gasteiger partial charge in [0.25, 0.3) is 0 Å². The lowest BCUT2D eigenvalue weighted by Crippen LogP contribution is -2.41. The van der Waals surface area contributed by atoms with Gasteiger partial charge in [0, 0.05) is 38.1 Å². The summed E-state index contributed by atoms with van der Waals surface area (Å²) < 4.78 is 10.7. The molecule has 2 aromatic rings. The quantitative estimate of drug-likeness (QED) is 0.540. The van der Waals surface area contributed by atoms with Crippen molar-refractivity contribution in [3.63, 3.8) is 0 Å². The van der Waals surface area contributed by atoms with Crippen LogP contribution in [0.3, 0.4) is 0 Å². The van der Waals surface area contributed by atoms with Gasteiger partial charge in [-0.2, -0.15) is 0 Å². The third-order valence-electron chi connectivity index (χ3n) is 5.44. The molecule has 1 aromatic carbocycles. The molecular formula is C22H30N4O4. The molecule has 0 radical (unpaired) electrons. The second-order valence-electron chi connectivity index (χ2n) is 7.67. The van der Waals surface area contributed by atoms with Crippen LogP contribution in [0.25, 0.3) is 11.3 Å². The highest BCUT2D eigenvalue weighted by Crippen LogP contribution is 2.28. The van der Waals surface area contributed by atoms with Crippen LogP contribution in [0.1, 0.15) is 25.5 Å². The molecule has 2 heterocycles. The highest BCUT2D eigenvalue weighted by atomic mass is 16.5. The Hall–Kier alpha value is -2.87. The number of nitrogens with one attached hydrogen (secondary N) is 3. The molecule has 0 spiro atoms. The summed E-state index contributed by atoms with van der Waals surface area (Å²) in [5.74, 6) is 2.05. The number of aromatic nitrogens is 1. The van der Waals surface area contributed by atoms with Gasteiger partial charge in [-0.15, -0.1) is 0 Å². The Balaban J connectivity index is 1.54. The van der Waals surface area contributed by atoms with Crippen LogP contribution in [-0.4, -0.2) is 50.3 Å². The van der Waals surface area contributed by atoms with Crippen LogP contribution in [0.2, 0.25) is 0 Å². The van der Waals surface area contributed by atoms with Crippen LogP contribution < -0.4 is 20.7 Å². The molecule has 2 unspecified atom stereocenters. The van der Waals surface area contributed by atoms with E-state index in [1.807, 2.05) is 30.3 Å². The lowest BCUT2D eigenvalue weighted by atomic mass is 9.81. The minimum Gasteiger partial charge on any atom is -0.497 e. The number of carbonyl (C=O) groups is 2. The first-order valence-corrected chi connectivity index (χ1v) is 10.4. The standard InChI is InChI=1S/C22H30N4O4/c1-15(27)24-9-10-25-22(28)12-17-7-8-23-14-18(17)11-19-13-21(30-26-19)16-3-5-20(29-2)6-4-16/h3-6,13,17-18,23H,7-12,14H2,1-2H3,(H,24,27)(H,25,28). The third-order valence-corrected chi connectivity index (χ3v) is 5.44. The lowest BCUT2D eigenvalue weighted by molar-refractivity contribution is -0.123. The predicted molar refractivity (Wildman–Crippen MR) is 113 cm³/mol. The van der Waals surface area contributed by atoms with Gasteiger partial charge >= 0.3 is 0 Å². The first kappa shape index (κ1) is 21.8. The second kappa shape index (κ2) is 10.8. The molecule has 8 heteroatoms. The number of methoxy groups -OCH3 is 1. The SMILES string of the molecule is COc1ccc(-c2cc(CC3CNCCC3CC(=O)NCCNC(C)=O)no2)cc1. The van der Waals surface area contributed by atoms with Gasteiger partial charge in [-0.3, -0.25) is 9.59 Å². The fourth-order valence-electron chi connectivity index (χ4n) is 3.80. The summed E-state index contributed by atoms with van der Waals surface area (Å²) in [4.78, 5) is 23.2. The number of piperidine rings is 1. The van der Waals surface area contributed by atoms with Crippen molar-refractivity contribution in [3.8, 4) is 17.1 Å². The van der Waals surface area contributed by atoms with Crippen LogP contribution in [0.5, 0.6) is 5.75 Å². The van der Waals surface area contributed by atoms with Crippen molar-refractivity contribution in [2.75, 3.05) is 33.3 Å². The summed E-state index contributed by atoms with van der Waals surface area (Å²) in [6, 6.07) is 9.64. The largest absolute Gasteiger partial charge is 0.497 e. The van der Waals surface area contributed by atoms with Gasteiger partial charge < -0.3 is 25.2 Å². The van der Waals surface area contributed by atoms with Crippen LogP contribution in [0.15, 0.2) is 34.9 Å². The predicted octanol–water partition coefficient (Wildman–Crippen LogP) is 1.76. The van der Waals surface area contributed by atoms with E-state index in [2.05, 4.69) is 21.1 Å². The molecule has 0 bridgehead atoms. The Kier molecular flexibility index (Phi) is 7.84. The summed E-state index contributed by atoms with van der Waals surface area (Å²) in [7, 11) is 1.64. The molecule has 0 aliphatic carbocycles. The highest BCUT2D eigenvalue weighted by Gasteiger charge is 2.28. The van der Waals surface area contributed by atoms with Crippen LogP contribution in [-0.2, 0) is 16.0 Å². The smallest absolute Gasteiger partial charge is 0.220 e. The van der Waals surface area contributed by atoms with Crippen molar-refractivity contribution < 1.29 is 18.8 Å². The third kappa shape index (κ3) is 6.32. The molecule has 162 valence electrons. The van der Waals surface area contributed by atoms with E-state index in [1.165, 1.54) is 6.92 Å². The van der Waals surface area contributed by atoms with Crippen molar-refractivity contribution in [1.29, 1.82) is 0 Å². The molecule has 3 N–H and O–H groups in total. The molecule has 1 aliphatic rings. The van der Waals surface area contributed by atoms with Gasteiger partial charge in [-0.25, -0.2) is 0 Å². The lowest BCUT2D eigenvalue weighted by Gasteiger charge is -2.31. The molecule has 1 fully saturated rings. The first-order valence-electron chi connectivity index (χ1n) is 10.4. The number of nitrogens with zero attached hydrogens (tertiary/aromatic N) is 1. The monoisotopic (exact) mass is 414 g/mol. The van der Waals surface area contributed by atoms with E-state index in [-0.39, 0.29) is 17.7 Å². The van der Waals surface area contributed by atoms with E-state index in [0.717, 1.165) is 48.7 Å². The Bertz CT molecular complexity index is 834. The maximum Gasteiger partial charge on any atom is 0.220 e. The summed E-state index contributed by atoms with van der Waals surface area (Å²) in [5, 5.41) is 13.2. The molecule has 2 atom stereocenters. The van der Waals surface area contributed by atoms with Gasteiger partial charge in [0.05, 0.1) is 12.8 Å². The van der Waals surface area contributed by atoms with E-state index in [0.29, 0.717) is 25.4 Å². The summed E-state index contributed by atoms with van der Waals surface area (Å²) in [6.07, 6.45) is 2.19. The minimum atomic E-state index is -0.0933. The number of hydrogen-bond donors (Lipinski definition) is 3. The molecule has 30 heavy (non-hydrogen) atoms. The maximum atomic E-state index is 12.3. The molecule has 2 amide bonds. The molecule has 1 aliphatic heterocycles. The van der Waals surface area contributed by atoms with Crippen molar-refractivity contribution in [1.82, 2.24) is 21.1 Å². The zero-order valence-corrected chi connectivity index (χ0v) is 17.6. The van der Waals surface area contributed by atoms with Crippen molar-refractivity contribution in [2.24, 2.45) is 11.8 Å². The average molecular weight is 415 g/mol. The highest BCUT2D eigenvalue weighted by molar-refractivity contribution is 5.76. The van der Waals surface area contributed by atoms with Crippen molar-refractivity contribution in [2.45, 2.75) is 26.2 Å². The van der Waals surface area contributed by atoms with E-state index in [9.17, 15) is 9.59 Å². The van der Waals surface area contributed by atoms with E-state index in [1.54, 1.807) is 7.11 Å². The Morgan fingerprint density at radius 1 is 1.20 bits per heavy atom. The molecule has 3 rings (SSSR count). The number of benzene rings is 1. The molecule has 0 saturated carbocycles. The summed E-state index contributed by atoms with van der Waals surface area (Å²) in [6.45, 7) is 4.13. The number of hydrogen-bond acceptors (Lipinski definition) is 6. The van der Waals surface area contributed by atoms with Crippen LogP contribution in [0.4, 0.5) is 0 Å². The number of rotatable bonds is 9. The molecule has 1 saturated heterocycles. The first-order chi connectivity index (χ1) is 14.5. The number of ether oxygens (including phenoxy) is 1. The van der Waals surface area contributed by atoms with Crippen molar-refractivity contribution >= 4 is 11.8 Å². The molecule has 1 aromatic heterocycles. The number of amides is 2. The Morgan fingerprint density at radius 2 is 1.97 bits per heavy atom. The Labute approximate surface area is 176 Å². The van der Waals surface area contributed by atoms with Crippen molar-refractivity contribution in [3.05, 3.63) is 36.0 Å². The molecule has 8 nitrogen and oxygen atoms in total. The zero-order valence-electron chi connectivity index (χ0n) is 17.6. The maximum absolute atomic E-state index is 12.3. The van der Waals surface area contributed by atoms with E-state index < -0.39 is 0 Å².